The Kier molecular flexibility index (Phi) is 5.19. The summed E-state index contributed by atoms with van der Waals surface area (Å²) in [4.78, 5) is 14.9. The van der Waals surface area contributed by atoms with Crippen molar-refractivity contribution in [3.05, 3.63) is 84.4 Å². The van der Waals surface area contributed by atoms with Crippen LogP contribution in [0.3, 0.4) is 0 Å². The predicted octanol–water partition coefficient (Wildman–Crippen LogP) is 7.54. The number of benzene rings is 1. The topological polar surface area (TPSA) is 82.3 Å². The molecule has 0 amide bonds. The molecule has 172 valence electrons. The molecule has 6 rings (SSSR count). The molecule has 0 aliphatic carbocycles. The highest BCUT2D eigenvalue weighted by molar-refractivity contribution is 7.15. The number of hydrogen-bond acceptors (Lipinski definition) is 5. The number of nitrogens with one attached hydrogen (secondary N) is 3. The number of anilines is 1. The van der Waals surface area contributed by atoms with Gasteiger partial charge in [0, 0.05) is 49.7 Å². The Balaban J connectivity index is 1.43. The standard InChI is InChI=1S/C28H24N6S/c1-4-16(2)31-20-9-19(12-29-13-20)18-6-7-24-22(10-18)28(34-33-24)25-11-21-23(14-30-15-26(21)32-25)27-8-5-17(3)35-27/h5-15,31-32H,2,4H2,1,3H3,(H,33,34). The molecule has 0 saturated heterocycles. The highest BCUT2D eigenvalue weighted by Crippen LogP contribution is 2.37. The quantitative estimate of drug-likeness (QED) is 0.232. The van der Waals surface area contributed by atoms with Crippen molar-refractivity contribution in [2.24, 2.45) is 0 Å². The summed E-state index contributed by atoms with van der Waals surface area (Å²) in [6, 6.07) is 14.9. The number of aromatic nitrogens is 5. The zero-order chi connectivity index (χ0) is 23.9. The first kappa shape index (κ1) is 21.3. The van der Waals surface area contributed by atoms with E-state index < -0.39 is 0 Å². The van der Waals surface area contributed by atoms with Crippen LogP contribution in [0.5, 0.6) is 0 Å². The predicted molar refractivity (Wildman–Crippen MR) is 146 cm³/mol. The Bertz CT molecular complexity index is 1700. The first-order valence-corrected chi connectivity index (χ1v) is 12.3. The molecule has 0 radical (unpaired) electrons. The van der Waals surface area contributed by atoms with Gasteiger partial charge in [-0.25, -0.2) is 0 Å². The van der Waals surface area contributed by atoms with E-state index in [9.17, 15) is 0 Å². The minimum Gasteiger partial charge on any atom is -0.358 e. The number of allylic oxidation sites excluding steroid dienone is 1. The van der Waals surface area contributed by atoms with Crippen LogP contribution < -0.4 is 5.32 Å². The number of H-pyrrole nitrogens is 2. The second kappa shape index (κ2) is 8.52. The molecule has 5 heterocycles. The summed E-state index contributed by atoms with van der Waals surface area (Å²) in [7, 11) is 0. The van der Waals surface area contributed by atoms with Crippen molar-refractivity contribution < 1.29 is 0 Å². The van der Waals surface area contributed by atoms with Gasteiger partial charge in [0.05, 0.1) is 34.8 Å². The lowest BCUT2D eigenvalue weighted by molar-refractivity contribution is 1.11. The third-order valence-corrected chi connectivity index (χ3v) is 7.22. The Morgan fingerprint density at radius 3 is 2.66 bits per heavy atom. The number of aryl methyl sites for hydroxylation is 1. The molecule has 0 bridgehead atoms. The van der Waals surface area contributed by atoms with Gasteiger partial charge in [-0.05, 0) is 55.3 Å². The first-order chi connectivity index (χ1) is 17.1. The molecule has 3 N–H and O–H groups in total. The Morgan fingerprint density at radius 2 is 1.83 bits per heavy atom. The van der Waals surface area contributed by atoms with Crippen molar-refractivity contribution in [3.8, 4) is 33.0 Å². The molecule has 0 atom stereocenters. The monoisotopic (exact) mass is 476 g/mol. The van der Waals surface area contributed by atoms with Crippen molar-refractivity contribution in [1.29, 1.82) is 0 Å². The van der Waals surface area contributed by atoms with Gasteiger partial charge < -0.3 is 10.3 Å². The van der Waals surface area contributed by atoms with Crippen LogP contribution in [0.15, 0.2) is 79.5 Å². The zero-order valence-corrected chi connectivity index (χ0v) is 20.3. The van der Waals surface area contributed by atoms with Gasteiger partial charge in [0.1, 0.15) is 5.69 Å². The minimum atomic E-state index is 0.863. The fraction of sp³-hybridized carbons (Fsp3) is 0.107. The summed E-state index contributed by atoms with van der Waals surface area (Å²) >= 11 is 1.78. The maximum atomic E-state index is 4.66. The van der Waals surface area contributed by atoms with Gasteiger partial charge in [-0.15, -0.1) is 11.3 Å². The van der Waals surface area contributed by atoms with Crippen LogP contribution in [0.4, 0.5) is 5.69 Å². The van der Waals surface area contributed by atoms with Gasteiger partial charge in [0.15, 0.2) is 0 Å². The average Bonchev–Trinajstić information content (AvgIpc) is 3.61. The second-order valence-corrected chi connectivity index (χ2v) is 9.91. The Labute approximate surface area is 206 Å². The van der Waals surface area contributed by atoms with Gasteiger partial charge in [0.2, 0.25) is 0 Å². The maximum absolute atomic E-state index is 4.66. The van der Waals surface area contributed by atoms with Crippen LogP contribution in [-0.2, 0) is 0 Å². The number of hydrogen-bond donors (Lipinski definition) is 3. The van der Waals surface area contributed by atoms with Gasteiger partial charge >= 0.3 is 0 Å². The van der Waals surface area contributed by atoms with Crippen LogP contribution in [0.2, 0.25) is 0 Å². The van der Waals surface area contributed by atoms with Crippen LogP contribution in [-0.4, -0.2) is 25.1 Å². The summed E-state index contributed by atoms with van der Waals surface area (Å²) in [6.07, 6.45) is 8.37. The van der Waals surface area contributed by atoms with Crippen LogP contribution in [0.1, 0.15) is 18.2 Å². The minimum absolute atomic E-state index is 0.863. The summed E-state index contributed by atoms with van der Waals surface area (Å²) in [5.41, 5.74) is 8.95. The number of aromatic amines is 2. The van der Waals surface area contributed by atoms with Crippen LogP contribution in [0, 0.1) is 6.92 Å². The number of rotatable bonds is 6. The SMILES string of the molecule is C=C(CC)Nc1cncc(-c2ccc3[nH]nc(-c4cc5c(-c6ccc(C)s6)cncc5[nH]4)c3c2)c1. The average molecular weight is 477 g/mol. The fourth-order valence-corrected chi connectivity index (χ4v) is 5.20. The molecule has 7 heteroatoms. The van der Waals surface area contributed by atoms with Crippen molar-refractivity contribution in [3.63, 3.8) is 0 Å². The van der Waals surface area contributed by atoms with Crippen molar-refractivity contribution in [2.45, 2.75) is 20.3 Å². The number of pyridine rings is 2. The maximum Gasteiger partial charge on any atom is 0.116 e. The van der Waals surface area contributed by atoms with Gasteiger partial charge in [-0.2, -0.15) is 5.10 Å². The molecule has 35 heavy (non-hydrogen) atoms. The molecule has 0 aliphatic heterocycles. The lowest BCUT2D eigenvalue weighted by atomic mass is 10.0. The van der Waals surface area contributed by atoms with Gasteiger partial charge in [-0.1, -0.05) is 19.6 Å². The molecular formula is C28H24N6S. The van der Waals surface area contributed by atoms with E-state index in [0.29, 0.717) is 0 Å². The molecule has 1 aromatic carbocycles. The highest BCUT2D eigenvalue weighted by atomic mass is 32.1. The molecule has 0 aliphatic rings. The van der Waals surface area contributed by atoms with E-state index in [1.165, 1.54) is 9.75 Å². The summed E-state index contributed by atoms with van der Waals surface area (Å²) < 4.78 is 0. The third kappa shape index (κ3) is 3.90. The van der Waals surface area contributed by atoms with E-state index in [4.69, 9.17) is 0 Å². The van der Waals surface area contributed by atoms with Gasteiger partial charge in [0.25, 0.3) is 0 Å². The summed E-state index contributed by atoms with van der Waals surface area (Å²) in [5.74, 6) is 0. The summed E-state index contributed by atoms with van der Waals surface area (Å²) in [6.45, 7) is 8.24. The Hall–Kier alpha value is -4.23. The first-order valence-electron chi connectivity index (χ1n) is 11.5. The molecule has 0 unspecified atom stereocenters. The van der Waals surface area contributed by atoms with Crippen LogP contribution in [0.25, 0.3) is 54.8 Å². The van der Waals surface area contributed by atoms with E-state index in [1.54, 1.807) is 11.3 Å². The second-order valence-electron chi connectivity index (χ2n) is 8.62. The number of nitrogens with zero attached hydrogens (tertiary/aromatic N) is 3. The van der Waals surface area contributed by atoms with E-state index in [1.807, 2.05) is 24.8 Å². The number of thiophene rings is 1. The fourth-order valence-electron chi connectivity index (χ4n) is 4.31. The highest BCUT2D eigenvalue weighted by Gasteiger charge is 2.15. The van der Waals surface area contributed by atoms with Crippen molar-refractivity contribution in [2.75, 3.05) is 5.32 Å². The van der Waals surface area contributed by atoms with E-state index in [2.05, 4.69) is 93.4 Å². The smallest absolute Gasteiger partial charge is 0.116 e. The van der Waals surface area contributed by atoms with Crippen molar-refractivity contribution >= 4 is 38.8 Å². The molecule has 0 saturated carbocycles. The molecular weight excluding hydrogens is 452 g/mol. The summed E-state index contributed by atoms with van der Waals surface area (Å²) in [5, 5.41) is 13.3. The lowest BCUT2D eigenvalue weighted by Gasteiger charge is -2.09. The number of fused-ring (bicyclic) bond motifs is 2. The molecule has 6 aromatic rings. The molecule has 0 spiro atoms. The molecule has 5 aromatic heterocycles. The molecule has 0 fully saturated rings. The normalized spacial score (nSPS) is 11.4. The third-order valence-electron chi connectivity index (χ3n) is 6.19. The van der Waals surface area contributed by atoms with E-state index in [-0.39, 0.29) is 0 Å². The molecule has 6 nitrogen and oxygen atoms in total. The van der Waals surface area contributed by atoms with Crippen molar-refractivity contribution in [1.82, 2.24) is 25.1 Å². The largest absolute Gasteiger partial charge is 0.358 e. The van der Waals surface area contributed by atoms with Gasteiger partial charge in [-0.3, -0.25) is 15.1 Å². The zero-order valence-electron chi connectivity index (χ0n) is 19.5. The van der Waals surface area contributed by atoms with E-state index in [0.717, 1.165) is 67.7 Å². The lowest BCUT2D eigenvalue weighted by Crippen LogP contribution is -1.97. The Morgan fingerprint density at radius 1 is 0.943 bits per heavy atom. The van der Waals surface area contributed by atoms with E-state index >= 15 is 0 Å². The van der Waals surface area contributed by atoms with Crippen LogP contribution >= 0.6 is 11.3 Å².